The molecule has 7 heteroatoms. The first kappa shape index (κ1) is 14.6. The van der Waals surface area contributed by atoms with Gasteiger partial charge in [-0.2, -0.15) is 17.4 Å². The van der Waals surface area contributed by atoms with Crippen molar-refractivity contribution >= 4 is 10.2 Å². The second kappa shape index (κ2) is 7.07. The number of nitrogens with zero attached hydrogens (tertiary/aromatic N) is 1. The first-order valence-corrected chi connectivity index (χ1v) is 7.01. The largest absolute Gasteiger partial charge is 0.379 e. The predicted octanol–water partition coefficient (Wildman–Crippen LogP) is -0.254. The fourth-order valence-corrected chi connectivity index (χ4v) is 2.52. The molecule has 0 unspecified atom stereocenters. The Bertz CT molecular complexity index is 336. The minimum absolute atomic E-state index is 0.271. The van der Waals surface area contributed by atoms with Gasteiger partial charge in [0.25, 0.3) is 10.2 Å². The third-order valence-corrected chi connectivity index (χ3v) is 3.80. The molecular formula is C10H20N2O4S. The van der Waals surface area contributed by atoms with Crippen molar-refractivity contribution in [2.45, 2.75) is 6.92 Å². The van der Waals surface area contributed by atoms with Crippen LogP contribution in [0.25, 0.3) is 0 Å². The molecule has 1 rings (SSSR count). The molecule has 1 heterocycles. The number of ether oxygens (including phenoxy) is 2. The molecule has 100 valence electrons. The Labute approximate surface area is 103 Å². The fraction of sp³-hybridized carbons (Fsp3) is 0.800. The van der Waals surface area contributed by atoms with E-state index in [2.05, 4.69) is 11.3 Å². The van der Waals surface area contributed by atoms with Crippen LogP contribution in [0.3, 0.4) is 0 Å². The summed E-state index contributed by atoms with van der Waals surface area (Å²) in [6, 6.07) is 0. The summed E-state index contributed by atoms with van der Waals surface area (Å²) in [6.07, 6.45) is 0. The van der Waals surface area contributed by atoms with Crippen molar-refractivity contribution in [2.75, 3.05) is 46.1 Å². The van der Waals surface area contributed by atoms with Crippen molar-refractivity contribution in [2.24, 2.45) is 0 Å². The number of rotatable bonds is 7. The van der Waals surface area contributed by atoms with Crippen LogP contribution in [-0.2, 0) is 19.7 Å². The van der Waals surface area contributed by atoms with Gasteiger partial charge in [0.15, 0.2) is 0 Å². The monoisotopic (exact) mass is 264 g/mol. The lowest BCUT2D eigenvalue weighted by Crippen LogP contribution is -2.47. The van der Waals surface area contributed by atoms with Crippen molar-refractivity contribution in [3.63, 3.8) is 0 Å². The van der Waals surface area contributed by atoms with Gasteiger partial charge in [-0.1, -0.05) is 12.2 Å². The van der Waals surface area contributed by atoms with Crippen LogP contribution in [0.2, 0.25) is 0 Å². The van der Waals surface area contributed by atoms with E-state index >= 15 is 0 Å². The zero-order chi connectivity index (χ0) is 12.7. The van der Waals surface area contributed by atoms with E-state index in [1.807, 2.05) is 6.92 Å². The maximum absolute atomic E-state index is 11.8. The van der Waals surface area contributed by atoms with Gasteiger partial charge in [0.2, 0.25) is 0 Å². The Hall–Kier alpha value is -0.470. The van der Waals surface area contributed by atoms with E-state index in [4.69, 9.17) is 9.47 Å². The lowest BCUT2D eigenvalue weighted by Gasteiger charge is -2.26. The highest BCUT2D eigenvalue weighted by Crippen LogP contribution is 2.02. The number of hydrogen-bond acceptors (Lipinski definition) is 4. The van der Waals surface area contributed by atoms with Crippen LogP contribution in [-0.4, -0.2) is 58.8 Å². The summed E-state index contributed by atoms with van der Waals surface area (Å²) in [5.41, 5.74) is 0.918. The maximum atomic E-state index is 11.8. The molecule has 1 saturated heterocycles. The fourth-order valence-electron chi connectivity index (χ4n) is 1.37. The highest BCUT2D eigenvalue weighted by atomic mass is 32.2. The summed E-state index contributed by atoms with van der Waals surface area (Å²) in [5, 5.41) is 0. The van der Waals surface area contributed by atoms with E-state index in [0.717, 1.165) is 5.57 Å². The SMILES string of the molecule is C=C(C)COCCNS(=O)(=O)N1CCOCC1. The molecule has 0 spiro atoms. The molecule has 6 nitrogen and oxygen atoms in total. The minimum Gasteiger partial charge on any atom is -0.379 e. The molecule has 0 amide bonds. The molecule has 0 aromatic carbocycles. The summed E-state index contributed by atoms with van der Waals surface area (Å²) < 4.78 is 37.7. The standard InChI is InChI=1S/C10H20N2O4S/c1-10(2)9-16-6-3-11-17(13,14)12-4-7-15-8-5-12/h11H,1,3-9H2,2H3. The van der Waals surface area contributed by atoms with E-state index in [9.17, 15) is 8.42 Å². The van der Waals surface area contributed by atoms with Gasteiger partial charge >= 0.3 is 0 Å². The van der Waals surface area contributed by atoms with E-state index < -0.39 is 10.2 Å². The highest BCUT2D eigenvalue weighted by Gasteiger charge is 2.23. The Kier molecular flexibility index (Phi) is 6.07. The third-order valence-electron chi connectivity index (χ3n) is 2.19. The Morgan fingerprint density at radius 2 is 2.12 bits per heavy atom. The molecule has 1 fully saturated rings. The molecule has 0 saturated carbocycles. The van der Waals surface area contributed by atoms with Crippen LogP contribution in [0.4, 0.5) is 0 Å². The van der Waals surface area contributed by atoms with Crippen LogP contribution in [0.5, 0.6) is 0 Å². The molecule has 1 aliphatic heterocycles. The van der Waals surface area contributed by atoms with E-state index in [1.165, 1.54) is 4.31 Å². The molecule has 0 aromatic rings. The minimum atomic E-state index is -3.38. The first-order chi connectivity index (χ1) is 8.02. The smallest absolute Gasteiger partial charge is 0.279 e. The highest BCUT2D eigenvalue weighted by molar-refractivity contribution is 7.87. The Morgan fingerprint density at radius 1 is 1.47 bits per heavy atom. The second-order valence-electron chi connectivity index (χ2n) is 3.92. The molecule has 0 bridgehead atoms. The van der Waals surface area contributed by atoms with Gasteiger partial charge in [0, 0.05) is 19.6 Å². The molecule has 0 aromatic heterocycles. The summed E-state index contributed by atoms with van der Waals surface area (Å²) >= 11 is 0. The van der Waals surface area contributed by atoms with Gasteiger partial charge in [0.1, 0.15) is 0 Å². The molecular weight excluding hydrogens is 244 g/mol. The van der Waals surface area contributed by atoms with Gasteiger partial charge in [-0.15, -0.1) is 0 Å². The van der Waals surface area contributed by atoms with Crippen LogP contribution in [0.15, 0.2) is 12.2 Å². The molecule has 1 aliphatic rings. The zero-order valence-electron chi connectivity index (χ0n) is 10.1. The van der Waals surface area contributed by atoms with Gasteiger partial charge < -0.3 is 9.47 Å². The van der Waals surface area contributed by atoms with Crippen LogP contribution in [0, 0.1) is 0 Å². The van der Waals surface area contributed by atoms with Crippen molar-refractivity contribution in [3.05, 3.63) is 12.2 Å². The van der Waals surface area contributed by atoms with Crippen LogP contribution < -0.4 is 4.72 Å². The van der Waals surface area contributed by atoms with E-state index in [1.54, 1.807) is 0 Å². The topological polar surface area (TPSA) is 67.9 Å². The van der Waals surface area contributed by atoms with Crippen molar-refractivity contribution < 1.29 is 17.9 Å². The predicted molar refractivity (Wildman–Crippen MR) is 64.9 cm³/mol. The summed E-state index contributed by atoms with van der Waals surface area (Å²) in [7, 11) is -3.38. The lowest BCUT2D eigenvalue weighted by molar-refractivity contribution is 0.0723. The van der Waals surface area contributed by atoms with Crippen molar-refractivity contribution in [1.29, 1.82) is 0 Å². The van der Waals surface area contributed by atoms with Gasteiger partial charge in [0.05, 0.1) is 26.4 Å². The average Bonchev–Trinajstić information content (AvgIpc) is 2.29. The van der Waals surface area contributed by atoms with Crippen LogP contribution in [0.1, 0.15) is 6.92 Å². The summed E-state index contributed by atoms with van der Waals surface area (Å²) in [4.78, 5) is 0. The number of nitrogens with one attached hydrogen (secondary N) is 1. The Morgan fingerprint density at radius 3 is 2.71 bits per heavy atom. The average molecular weight is 264 g/mol. The Balaban J connectivity index is 2.22. The molecule has 0 aliphatic carbocycles. The van der Waals surface area contributed by atoms with Crippen LogP contribution >= 0.6 is 0 Å². The normalized spacial score (nSPS) is 18.2. The molecule has 0 atom stereocenters. The van der Waals surface area contributed by atoms with Gasteiger partial charge in [-0.25, -0.2) is 0 Å². The first-order valence-electron chi connectivity index (χ1n) is 5.57. The quantitative estimate of drug-likeness (QED) is 0.508. The maximum Gasteiger partial charge on any atom is 0.279 e. The third kappa shape index (κ3) is 5.60. The number of morpholine rings is 1. The van der Waals surface area contributed by atoms with Gasteiger partial charge in [-0.3, -0.25) is 0 Å². The lowest BCUT2D eigenvalue weighted by atomic mass is 10.4. The van der Waals surface area contributed by atoms with Crippen molar-refractivity contribution in [1.82, 2.24) is 9.03 Å². The summed E-state index contributed by atoms with van der Waals surface area (Å²) in [6.45, 7) is 8.33. The summed E-state index contributed by atoms with van der Waals surface area (Å²) in [5.74, 6) is 0. The van der Waals surface area contributed by atoms with Gasteiger partial charge in [-0.05, 0) is 6.92 Å². The molecule has 0 radical (unpaired) electrons. The van der Waals surface area contributed by atoms with E-state index in [-0.39, 0.29) is 6.54 Å². The molecule has 1 N–H and O–H groups in total. The zero-order valence-corrected chi connectivity index (χ0v) is 11.0. The second-order valence-corrected chi connectivity index (χ2v) is 5.68. The number of hydrogen-bond donors (Lipinski definition) is 1. The van der Waals surface area contributed by atoms with Crippen molar-refractivity contribution in [3.8, 4) is 0 Å². The molecule has 17 heavy (non-hydrogen) atoms. The van der Waals surface area contributed by atoms with E-state index in [0.29, 0.717) is 39.5 Å².